The Morgan fingerprint density at radius 1 is 0.718 bits per heavy atom. The summed E-state index contributed by atoms with van der Waals surface area (Å²) in [5, 5.41) is 44.4. The second-order valence-electron chi connectivity index (χ2n) is 8.97. The summed E-state index contributed by atoms with van der Waals surface area (Å²) >= 11 is 0. The van der Waals surface area contributed by atoms with Crippen molar-refractivity contribution < 1.29 is 44.4 Å². The third kappa shape index (κ3) is 10.3. The number of aliphatic carboxylic acids is 2. The molecule has 0 aromatic heterocycles. The highest BCUT2D eigenvalue weighted by atomic mass is 16.4. The lowest BCUT2D eigenvalue weighted by Gasteiger charge is -2.23. The first kappa shape index (κ1) is 30.6. The van der Waals surface area contributed by atoms with Gasteiger partial charge in [0, 0.05) is 12.8 Å². The maximum absolute atomic E-state index is 12.9. The summed E-state index contributed by atoms with van der Waals surface area (Å²) in [6.07, 6.45) is -0.750. The van der Waals surface area contributed by atoms with Gasteiger partial charge in [0.1, 0.15) is 29.6 Å². The molecule has 0 fully saturated rings. The van der Waals surface area contributed by atoms with Crippen LogP contribution in [0.15, 0.2) is 48.5 Å². The maximum atomic E-state index is 12.9. The molecule has 39 heavy (non-hydrogen) atoms. The Hall–Kier alpha value is -4.65. The molecule has 210 valence electrons. The fourth-order valence-electron chi connectivity index (χ4n) is 3.54. The van der Waals surface area contributed by atoms with Gasteiger partial charge in [0.25, 0.3) is 0 Å². The van der Waals surface area contributed by atoms with E-state index >= 15 is 0 Å². The highest BCUT2D eigenvalue weighted by Crippen LogP contribution is 2.12. The van der Waals surface area contributed by atoms with Crippen LogP contribution < -0.4 is 21.7 Å². The van der Waals surface area contributed by atoms with Gasteiger partial charge in [-0.1, -0.05) is 24.3 Å². The zero-order valence-electron chi connectivity index (χ0n) is 21.2. The van der Waals surface area contributed by atoms with Gasteiger partial charge in [-0.05, 0) is 55.2 Å². The van der Waals surface area contributed by atoms with Crippen molar-refractivity contribution in [2.75, 3.05) is 0 Å². The molecule has 0 saturated carbocycles. The lowest BCUT2D eigenvalue weighted by Crippen LogP contribution is -2.56. The minimum Gasteiger partial charge on any atom is -0.508 e. The highest BCUT2D eigenvalue weighted by molar-refractivity contribution is 5.94. The summed E-state index contributed by atoms with van der Waals surface area (Å²) in [7, 11) is 0. The van der Waals surface area contributed by atoms with Crippen LogP contribution in [0.2, 0.25) is 0 Å². The summed E-state index contributed by atoms with van der Waals surface area (Å²) in [5.41, 5.74) is 7.12. The molecule has 4 atom stereocenters. The first-order chi connectivity index (χ1) is 18.3. The number of rotatable bonds is 14. The Labute approximate surface area is 224 Å². The number of carboxylic acid groups (broad SMARTS) is 2. The Morgan fingerprint density at radius 3 is 1.69 bits per heavy atom. The number of nitrogens with one attached hydrogen (secondary N) is 3. The van der Waals surface area contributed by atoms with Crippen molar-refractivity contribution in [3.05, 3.63) is 59.7 Å². The molecule has 2 aromatic carbocycles. The van der Waals surface area contributed by atoms with E-state index in [0.29, 0.717) is 11.1 Å². The molecule has 0 aliphatic heterocycles. The molecule has 0 saturated heterocycles. The van der Waals surface area contributed by atoms with E-state index in [2.05, 4.69) is 16.0 Å². The summed E-state index contributed by atoms with van der Waals surface area (Å²) in [4.78, 5) is 60.9. The second kappa shape index (κ2) is 14.3. The van der Waals surface area contributed by atoms with E-state index in [-0.39, 0.29) is 30.8 Å². The van der Waals surface area contributed by atoms with Gasteiger partial charge in [0.05, 0.1) is 6.04 Å². The van der Waals surface area contributed by atoms with Gasteiger partial charge in [-0.3, -0.25) is 19.2 Å². The molecule has 0 aliphatic carbocycles. The van der Waals surface area contributed by atoms with Crippen molar-refractivity contribution in [3.63, 3.8) is 0 Å². The summed E-state index contributed by atoms with van der Waals surface area (Å²) in [5.74, 6) is -4.89. The van der Waals surface area contributed by atoms with Crippen LogP contribution in [0.25, 0.3) is 0 Å². The number of phenols is 2. The van der Waals surface area contributed by atoms with E-state index in [1.54, 1.807) is 12.1 Å². The predicted molar refractivity (Wildman–Crippen MR) is 138 cm³/mol. The summed E-state index contributed by atoms with van der Waals surface area (Å²) < 4.78 is 0. The van der Waals surface area contributed by atoms with E-state index in [1.165, 1.54) is 43.3 Å². The predicted octanol–water partition coefficient (Wildman–Crippen LogP) is -0.366. The van der Waals surface area contributed by atoms with E-state index in [0.717, 1.165) is 0 Å². The fourth-order valence-corrected chi connectivity index (χ4v) is 3.54. The van der Waals surface area contributed by atoms with Crippen LogP contribution in [0.1, 0.15) is 30.9 Å². The van der Waals surface area contributed by atoms with Crippen LogP contribution in [0.3, 0.4) is 0 Å². The van der Waals surface area contributed by atoms with Crippen LogP contribution >= 0.6 is 0 Å². The zero-order chi connectivity index (χ0) is 29.1. The molecule has 2 rings (SSSR count). The van der Waals surface area contributed by atoms with Gasteiger partial charge in [-0.2, -0.15) is 0 Å². The first-order valence-electron chi connectivity index (χ1n) is 12.0. The second-order valence-corrected chi connectivity index (χ2v) is 8.97. The molecule has 0 aliphatic rings. The van der Waals surface area contributed by atoms with Crippen molar-refractivity contribution in [1.29, 1.82) is 0 Å². The molecule has 4 unspecified atom stereocenters. The van der Waals surface area contributed by atoms with Gasteiger partial charge < -0.3 is 42.1 Å². The molecule has 13 nitrogen and oxygen atoms in total. The summed E-state index contributed by atoms with van der Waals surface area (Å²) in [6.45, 7) is 1.30. The molecule has 0 heterocycles. The van der Waals surface area contributed by atoms with Crippen LogP contribution in [-0.4, -0.2) is 74.3 Å². The Morgan fingerprint density at radius 2 is 1.21 bits per heavy atom. The Kier molecular flexibility index (Phi) is 11.2. The third-order valence-corrected chi connectivity index (χ3v) is 5.75. The Balaban J connectivity index is 2.01. The van der Waals surface area contributed by atoms with Crippen molar-refractivity contribution in [1.82, 2.24) is 16.0 Å². The van der Waals surface area contributed by atoms with Gasteiger partial charge in [0.15, 0.2) is 0 Å². The van der Waals surface area contributed by atoms with Crippen molar-refractivity contribution in [2.24, 2.45) is 5.73 Å². The van der Waals surface area contributed by atoms with E-state index in [1.807, 2.05) is 0 Å². The molecular formula is C26H32N4O9. The number of nitrogens with two attached hydrogens (primary N) is 1. The SMILES string of the molecule is CC(NC(=O)C(CCC(=O)O)NC(=O)C(N)Cc1ccc(O)cc1)C(=O)NC(Cc1ccc(O)cc1)C(=O)O. The van der Waals surface area contributed by atoms with Gasteiger partial charge in [-0.15, -0.1) is 0 Å². The molecule has 2 aromatic rings. The van der Waals surface area contributed by atoms with Crippen LogP contribution in [0, 0.1) is 0 Å². The largest absolute Gasteiger partial charge is 0.508 e. The fraction of sp³-hybridized carbons (Fsp3) is 0.346. The topological polar surface area (TPSA) is 228 Å². The number of hydrogen-bond donors (Lipinski definition) is 8. The number of phenolic OH excluding ortho intramolecular Hbond substituents is 2. The lowest BCUT2D eigenvalue weighted by molar-refractivity contribution is -0.142. The molecule has 13 heteroatoms. The third-order valence-electron chi connectivity index (χ3n) is 5.75. The minimum atomic E-state index is -1.33. The molecule has 3 amide bonds. The Bertz CT molecular complexity index is 1170. The van der Waals surface area contributed by atoms with E-state index < -0.39 is 60.2 Å². The van der Waals surface area contributed by atoms with Crippen molar-refractivity contribution >= 4 is 29.7 Å². The maximum Gasteiger partial charge on any atom is 0.326 e. The normalized spacial score (nSPS) is 13.8. The first-order valence-corrected chi connectivity index (χ1v) is 12.0. The number of benzene rings is 2. The standard InChI is InChI=1S/C26H32N4O9/c1-14(23(35)30-21(26(38)39)13-16-4-8-18(32)9-5-16)28-25(37)20(10-11-22(33)34)29-24(36)19(27)12-15-2-6-17(31)7-3-15/h2-9,14,19-21,31-32H,10-13,27H2,1H3,(H,28,37)(H,29,36)(H,30,35)(H,33,34)(H,38,39). The van der Waals surface area contributed by atoms with Crippen LogP contribution in [0.5, 0.6) is 11.5 Å². The number of carbonyl (C=O) groups is 5. The quantitative estimate of drug-likeness (QED) is 0.154. The van der Waals surface area contributed by atoms with E-state index in [9.17, 15) is 39.3 Å². The molecule has 0 bridgehead atoms. The monoisotopic (exact) mass is 544 g/mol. The molecule has 9 N–H and O–H groups in total. The lowest BCUT2D eigenvalue weighted by atomic mass is 10.0. The van der Waals surface area contributed by atoms with Crippen LogP contribution in [-0.2, 0) is 36.8 Å². The minimum absolute atomic E-state index is 0.00292. The van der Waals surface area contributed by atoms with Gasteiger partial charge >= 0.3 is 11.9 Å². The highest BCUT2D eigenvalue weighted by Gasteiger charge is 2.29. The van der Waals surface area contributed by atoms with Crippen LogP contribution in [0.4, 0.5) is 0 Å². The number of hydrogen-bond acceptors (Lipinski definition) is 8. The van der Waals surface area contributed by atoms with Crippen molar-refractivity contribution in [2.45, 2.75) is 56.8 Å². The number of amides is 3. The number of aromatic hydroxyl groups is 2. The smallest absolute Gasteiger partial charge is 0.326 e. The molecule has 0 radical (unpaired) electrons. The van der Waals surface area contributed by atoms with Crippen molar-refractivity contribution in [3.8, 4) is 11.5 Å². The number of carboxylic acids is 2. The number of carbonyl (C=O) groups excluding carboxylic acids is 3. The summed E-state index contributed by atoms with van der Waals surface area (Å²) in [6, 6.07) is 6.78. The average molecular weight is 545 g/mol. The van der Waals surface area contributed by atoms with E-state index in [4.69, 9.17) is 10.8 Å². The van der Waals surface area contributed by atoms with Gasteiger partial charge in [-0.25, -0.2) is 4.79 Å². The zero-order valence-corrected chi connectivity index (χ0v) is 21.2. The molecule has 0 spiro atoms. The molecular weight excluding hydrogens is 512 g/mol. The van der Waals surface area contributed by atoms with Gasteiger partial charge in [0.2, 0.25) is 17.7 Å². The average Bonchev–Trinajstić information content (AvgIpc) is 2.88.